The Morgan fingerprint density at radius 1 is 1.36 bits per heavy atom. The van der Waals surface area contributed by atoms with Crippen molar-refractivity contribution in [1.82, 2.24) is 5.32 Å². The Morgan fingerprint density at radius 3 is 2.45 bits per heavy atom. The Morgan fingerprint density at radius 2 is 1.95 bits per heavy atom. The van der Waals surface area contributed by atoms with E-state index in [9.17, 15) is 9.18 Å². The third-order valence-corrected chi connectivity index (χ3v) is 3.20. The molecule has 1 N–H and O–H groups in total. The fraction of sp³-hybridized carbons (Fsp3) is 0.529. The smallest absolute Gasteiger partial charge is 0.238 e. The molecule has 0 aliphatic rings. The van der Waals surface area contributed by atoms with E-state index >= 15 is 0 Å². The van der Waals surface area contributed by atoms with Gasteiger partial charge in [0, 0.05) is 6.04 Å². The van der Waals surface area contributed by atoms with Gasteiger partial charge in [0.1, 0.15) is 11.7 Å². The van der Waals surface area contributed by atoms with Crippen molar-refractivity contribution in [2.75, 3.05) is 6.61 Å². The van der Waals surface area contributed by atoms with Gasteiger partial charge >= 0.3 is 0 Å². The molecule has 0 aliphatic heterocycles. The number of nitrogens with one attached hydrogen (secondary N) is 1. The van der Waals surface area contributed by atoms with Crippen molar-refractivity contribution in [3.8, 4) is 6.07 Å². The average molecular weight is 306 g/mol. The number of carbonyl (C=O) groups excluding carboxylic acids is 1. The largest absolute Gasteiger partial charge is 0.375 e. The lowest BCUT2D eigenvalue weighted by Gasteiger charge is -2.25. The van der Waals surface area contributed by atoms with Gasteiger partial charge in [-0.25, -0.2) is 4.39 Å². The van der Waals surface area contributed by atoms with Crippen molar-refractivity contribution >= 4 is 5.91 Å². The lowest BCUT2D eigenvalue weighted by atomic mass is 9.81. The molecule has 1 aromatic rings. The second-order valence-corrected chi connectivity index (χ2v) is 6.48. The zero-order chi connectivity index (χ0) is 16.8. The fourth-order valence-corrected chi connectivity index (χ4v) is 1.95. The van der Waals surface area contributed by atoms with Crippen molar-refractivity contribution in [1.29, 1.82) is 5.26 Å². The lowest BCUT2D eigenvalue weighted by Crippen LogP contribution is -2.43. The van der Waals surface area contributed by atoms with Crippen molar-refractivity contribution < 1.29 is 13.9 Å². The second kappa shape index (κ2) is 7.90. The molecule has 0 aliphatic carbocycles. The van der Waals surface area contributed by atoms with Crippen LogP contribution in [0, 0.1) is 28.5 Å². The number of nitriles is 1. The molecule has 1 rings (SSSR count). The van der Waals surface area contributed by atoms with E-state index in [0.717, 1.165) is 5.56 Å². The van der Waals surface area contributed by atoms with Crippen LogP contribution in [-0.2, 0) is 16.1 Å². The molecule has 120 valence electrons. The van der Waals surface area contributed by atoms with Gasteiger partial charge < -0.3 is 10.1 Å². The Bertz CT molecular complexity index is 529. The van der Waals surface area contributed by atoms with Crippen LogP contribution >= 0.6 is 0 Å². The third kappa shape index (κ3) is 5.82. The molecule has 0 heterocycles. The zero-order valence-corrected chi connectivity index (χ0v) is 13.5. The van der Waals surface area contributed by atoms with Crippen molar-refractivity contribution in [3.63, 3.8) is 0 Å². The molecule has 1 amide bonds. The third-order valence-electron chi connectivity index (χ3n) is 3.20. The standard InChI is InChI=1S/C17H23FN2O2/c1-12(20-16(21)15(9-19)17(2,3)4)10-22-11-13-5-7-14(18)8-6-13/h5-8,12,15H,10-11H2,1-4H3,(H,20,21)/t12-,15-/m1/s1. The molecular weight excluding hydrogens is 283 g/mol. The molecule has 0 saturated carbocycles. The predicted molar refractivity (Wildman–Crippen MR) is 82.2 cm³/mol. The molecular formula is C17H23FN2O2. The summed E-state index contributed by atoms with van der Waals surface area (Å²) in [5.74, 6) is -1.27. The van der Waals surface area contributed by atoms with Gasteiger partial charge in [0.05, 0.1) is 19.3 Å². The van der Waals surface area contributed by atoms with Crippen molar-refractivity contribution in [2.45, 2.75) is 40.3 Å². The number of benzene rings is 1. The summed E-state index contributed by atoms with van der Waals surface area (Å²) in [6.07, 6.45) is 0. The average Bonchev–Trinajstić information content (AvgIpc) is 2.40. The van der Waals surface area contributed by atoms with E-state index in [1.165, 1.54) is 12.1 Å². The van der Waals surface area contributed by atoms with Gasteiger partial charge in [-0.05, 0) is 30.0 Å². The van der Waals surface area contributed by atoms with E-state index < -0.39 is 11.3 Å². The lowest BCUT2D eigenvalue weighted by molar-refractivity contribution is -0.127. The molecule has 1 aromatic carbocycles. The molecule has 0 saturated heterocycles. The molecule has 22 heavy (non-hydrogen) atoms. The van der Waals surface area contributed by atoms with Gasteiger partial charge in [0.2, 0.25) is 5.91 Å². The summed E-state index contributed by atoms with van der Waals surface area (Å²) in [4.78, 5) is 12.1. The van der Waals surface area contributed by atoms with Crippen LogP contribution in [0.1, 0.15) is 33.3 Å². The Hall–Kier alpha value is -1.93. The Balaban J connectivity index is 2.40. The number of rotatable bonds is 6. The van der Waals surface area contributed by atoms with E-state index in [4.69, 9.17) is 10.00 Å². The molecule has 4 nitrogen and oxygen atoms in total. The van der Waals surface area contributed by atoms with E-state index in [1.807, 2.05) is 33.8 Å². The van der Waals surface area contributed by atoms with Gasteiger partial charge in [-0.15, -0.1) is 0 Å². The minimum atomic E-state index is -0.702. The van der Waals surface area contributed by atoms with E-state index in [2.05, 4.69) is 5.32 Å². The van der Waals surface area contributed by atoms with E-state index in [0.29, 0.717) is 13.2 Å². The van der Waals surface area contributed by atoms with E-state index in [1.54, 1.807) is 12.1 Å². The van der Waals surface area contributed by atoms with Gasteiger partial charge in [-0.3, -0.25) is 4.79 Å². The summed E-state index contributed by atoms with van der Waals surface area (Å²) in [5, 5.41) is 11.9. The highest BCUT2D eigenvalue weighted by Crippen LogP contribution is 2.25. The normalized spacial score (nSPS) is 14.0. The minimum Gasteiger partial charge on any atom is -0.375 e. The first kappa shape index (κ1) is 18.1. The maximum Gasteiger partial charge on any atom is 0.238 e. The van der Waals surface area contributed by atoms with Crippen LogP contribution in [0.5, 0.6) is 0 Å². The first-order chi connectivity index (χ1) is 10.2. The first-order valence-corrected chi connectivity index (χ1v) is 7.26. The SMILES string of the molecule is C[C@H](COCc1ccc(F)cc1)NC(=O)[C@@H](C#N)C(C)(C)C. The second-order valence-electron chi connectivity index (χ2n) is 6.48. The predicted octanol–water partition coefficient (Wildman–Crippen LogP) is 3.03. The van der Waals surface area contributed by atoms with Crippen LogP contribution in [0.3, 0.4) is 0 Å². The van der Waals surface area contributed by atoms with Crippen LogP contribution in [-0.4, -0.2) is 18.6 Å². The highest BCUT2D eigenvalue weighted by molar-refractivity contribution is 5.82. The van der Waals surface area contributed by atoms with Crippen molar-refractivity contribution in [3.05, 3.63) is 35.6 Å². The quantitative estimate of drug-likeness (QED) is 0.878. The van der Waals surface area contributed by atoms with E-state index in [-0.39, 0.29) is 17.8 Å². The molecule has 5 heteroatoms. The van der Waals surface area contributed by atoms with Crippen LogP contribution in [0.2, 0.25) is 0 Å². The molecule has 0 bridgehead atoms. The van der Waals surface area contributed by atoms with Gasteiger partial charge in [-0.1, -0.05) is 32.9 Å². The van der Waals surface area contributed by atoms with Gasteiger partial charge in [0.15, 0.2) is 0 Å². The van der Waals surface area contributed by atoms with Crippen LogP contribution in [0.15, 0.2) is 24.3 Å². The minimum absolute atomic E-state index is 0.203. The summed E-state index contributed by atoms with van der Waals surface area (Å²) in [5.41, 5.74) is 0.456. The molecule has 0 fully saturated rings. The monoisotopic (exact) mass is 306 g/mol. The number of nitrogens with zero attached hydrogens (tertiary/aromatic N) is 1. The van der Waals surface area contributed by atoms with Gasteiger partial charge in [-0.2, -0.15) is 5.26 Å². The first-order valence-electron chi connectivity index (χ1n) is 7.26. The maximum absolute atomic E-state index is 12.8. The Kier molecular flexibility index (Phi) is 6.51. The number of hydrogen-bond acceptors (Lipinski definition) is 3. The highest BCUT2D eigenvalue weighted by Gasteiger charge is 2.31. The maximum atomic E-state index is 12.8. The fourth-order valence-electron chi connectivity index (χ4n) is 1.95. The summed E-state index contributed by atoms with van der Waals surface area (Å²) in [6, 6.07) is 7.92. The summed E-state index contributed by atoms with van der Waals surface area (Å²) < 4.78 is 18.3. The number of amides is 1. The van der Waals surface area contributed by atoms with Crippen molar-refractivity contribution in [2.24, 2.45) is 11.3 Å². The van der Waals surface area contributed by atoms with Crippen LogP contribution in [0.4, 0.5) is 4.39 Å². The number of ether oxygens (including phenoxy) is 1. The zero-order valence-electron chi connectivity index (χ0n) is 13.5. The molecule has 0 unspecified atom stereocenters. The highest BCUT2D eigenvalue weighted by atomic mass is 19.1. The van der Waals surface area contributed by atoms with Gasteiger partial charge in [0.25, 0.3) is 0 Å². The number of carbonyl (C=O) groups is 1. The molecule has 0 spiro atoms. The molecule has 0 aromatic heterocycles. The topological polar surface area (TPSA) is 62.1 Å². The molecule has 2 atom stereocenters. The number of hydrogen-bond donors (Lipinski definition) is 1. The van der Waals surface area contributed by atoms with Crippen LogP contribution in [0.25, 0.3) is 0 Å². The van der Waals surface area contributed by atoms with Crippen LogP contribution < -0.4 is 5.32 Å². The summed E-state index contributed by atoms with van der Waals surface area (Å²) in [6.45, 7) is 8.06. The molecule has 0 radical (unpaired) electrons. The summed E-state index contributed by atoms with van der Waals surface area (Å²) >= 11 is 0. The number of halogens is 1. The summed E-state index contributed by atoms with van der Waals surface area (Å²) in [7, 11) is 0. The Labute approximate surface area is 131 Å².